The van der Waals surface area contributed by atoms with Crippen LogP contribution in [0.25, 0.3) is 0 Å². The number of ether oxygens (including phenoxy) is 1. The Kier molecular flexibility index (Phi) is 6.08. The number of para-hydroxylation sites is 2. The van der Waals surface area contributed by atoms with Gasteiger partial charge in [0.05, 0.1) is 10.9 Å². The average Bonchev–Trinajstić information content (AvgIpc) is 2.47. The summed E-state index contributed by atoms with van der Waals surface area (Å²) in [6.45, 7) is 2.38. The molecule has 1 aromatic carbocycles. The van der Waals surface area contributed by atoms with E-state index in [4.69, 9.17) is 0 Å². The molecule has 0 saturated carbocycles. The SMILES string of the molecule is Cc1cc(SC(C)C(=O)Nc2ccccc2OC(F)F)nc(C)n1. The first-order valence-electron chi connectivity index (χ1n) is 7.19. The third-order valence-corrected chi connectivity index (χ3v) is 3.99. The van der Waals surface area contributed by atoms with E-state index in [1.54, 1.807) is 32.0 Å². The molecule has 0 saturated heterocycles. The number of alkyl halides is 2. The number of carbonyl (C=O) groups excluding carboxylic acids is 1. The van der Waals surface area contributed by atoms with Gasteiger partial charge in [-0.3, -0.25) is 4.79 Å². The number of benzene rings is 1. The summed E-state index contributed by atoms with van der Waals surface area (Å²) in [4.78, 5) is 20.8. The van der Waals surface area contributed by atoms with Crippen molar-refractivity contribution in [1.82, 2.24) is 9.97 Å². The number of thioether (sulfide) groups is 1. The maximum Gasteiger partial charge on any atom is 0.387 e. The first kappa shape index (κ1) is 18.1. The number of nitrogens with zero attached hydrogens (tertiary/aromatic N) is 2. The lowest BCUT2D eigenvalue weighted by Crippen LogP contribution is -2.23. The fourth-order valence-corrected chi connectivity index (χ4v) is 2.93. The molecule has 5 nitrogen and oxygen atoms in total. The van der Waals surface area contributed by atoms with Crippen molar-refractivity contribution in [3.05, 3.63) is 41.9 Å². The highest BCUT2D eigenvalue weighted by molar-refractivity contribution is 8.00. The summed E-state index contributed by atoms with van der Waals surface area (Å²) in [6.07, 6.45) is 0. The van der Waals surface area contributed by atoms with E-state index < -0.39 is 11.9 Å². The summed E-state index contributed by atoms with van der Waals surface area (Å²) in [5, 5.41) is 2.81. The summed E-state index contributed by atoms with van der Waals surface area (Å²) < 4.78 is 29.2. The van der Waals surface area contributed by atoms with Crippen LogP contribution in [0, 0.1) is 13.8 Å². The predicted octanol–water partition coefficient (Wildman–Crippen LogP) is 3.81. The van der Waals surface area contributed by atoms with Crippen LogP contribution in [0.5, 0.6) is 5.75 Å². The van der Waals surface area contributed by atoms with Gasteiger partial charge in [0.1, 0.15) is 16.6 Å². The minimum absolute atomic E-state index is 0.0771. The smallest absolute Gasteiger partial charge is 0.387 e. The molecule has 8 heteroatoms. The maximum atomic E-state index is 12.4. The molecule has 0 aliphatic rings. The fourth-order valence-electron chi connectivity index (χ4n) is 1.98. The Morgan fingerprint density at radius 3 is 2.62 bits per heavy atom. The standard InChI is InChI=1S/C16H17F2N3O2S/c1-9-8-14(20-11(3)19-9)24-10(2)15(22)21-12-6-4-5-7-13(12)23-16(17)18/h4-8,10,16H,1-3H3,(H,21,22). The molecular formula is C16H17F2N3O2S. The number of hydrogen-bond acceptors (Lipinski definition) is 5. The number of hydrogen-bond donors (Lipinski definition) is 1. The number of nitrogens with one attached hydrogen (secondary N) is 1. The van der Waals surface area contributed by atoms with Gasteiger partial charge in [-0.25, -0.2) is 9.97 Å². The highest BCUT2D eigenvalue weighted by Gasteiger charge is 2.18. The molecular weight excluding hydrogens is 336 g/mol. The lowest BCUT2D eigenvalue weighted by molar-refractivity contribution is -0.115. The van der Waals surface area contributed by atoms with E-state index in [-0.39, 0.29) is 17.3 Å². The van der Waals surface area contributed by atoms with Gasteiger partial charge in [0.15, 0.2) is 0 Å². The Morgan fingerprint density at radius 1 is 1.25 bits per heavy atom. The van der Waals surface area contributed by atoms with E-state index >= 15 is 0 Å². The van der Waals surface area contributed by atoms with Crippen molar-refractivity contribution < 1.29 is 18.3 Å². The Morgan fingerprint density at radius 2 is 1.96 bits per heavy atom. The van der Waals surface area contributed by atoms with E-state index in [1.165, 1.54) is 23.9 Å². The largest absolute Gasteiger partial charge is 0.433 e. The zero-order valence-electron chi connectivity index (χ0n) is 13.4. The lowest BCUT2D eigenvalue weighted by Gasteiger charge is -2.15. The monoisotopic (exact) mass is 353 g/mol. The van der Waals surface area contributed by atoms with Crippen molar-refractivity contribution in [2.24, 2.45) is 0 Å². The van der Waals surface area contributed by atoms with E-state index in [0.29, 0.717) is 10.9 Å². The van der Waals surface area contributed by atoms with Gasteiger partial charge in [-0.05, 0) is 39.0 Å². The molecule has 1 N–H and O–H groups in total. The van der Waals surface area contributed by atoms with Gasteiger partial charge in [0, 0.05) is 5.69 Å². The molecule has 1 heterocycles. The molecule has 0 radical (unpaired) electrons. The van der Waals surface area contributed by atoms with Gasteiger partial charge in [-0.15, -0.1) is 0 Å². The highest BCUT2D eigenvalue weighted by atomic mass is 32.2. The molecule has 24 heavy (non-hydrogen) atoms. The molecule has 1 amide bonds. The van der Waals surface area contributed by atoms with Crippen molar-refractivity contribution in [3.8, 4) is 5.75 Å². The highest BCUT2D eigenvalue weighted by Crippen LogP contribution is 2.28. The summed E-state index contributed by atoms with van der Waals surface area (Å²) in [5.74, 6) is 0.215. The van der Waals surface area contributed by atoms with E-state index in [0.717, 1.165) is 5.69 Å². The van der Waals surface area contributed by atoms with Crippen molar-refractivity contribution >= 4 is 23.4 Å². The zero-order valence-corrected chi connectivity index (χ0v) is 14.2. The first-order chi connectivity index (χ1) is 11.3. The number of anilines is 1. The number of amides is 1. The van der Waals surface area contributed by atoms with E-state index in [9.17, 15) is 13.6 Å². The predicted molar refractivity (Wildman–Crippen MR) is 88.5 cm³/mol. The topological polar surface area (TPSA) is 64.1 Å². The number of aryl methyl sites for hydroxylation is 2. The number of halogens is 2. The second-order valence-electron chi connectivity index (χ2n) is 5.02. The Labute approximate surface area is 142 Å². The van der Waals surface area contributed by atoms with Crippen LogP contribution in [0.1, 0.15) is 18.4 Å². The van der Waals surface area contributed by atoms with Crippen molar-refractivity contribution in [2.75, 3.05) is 5.32 Å². The van der Waals surface area contributed by atoms with E-state index in [1.807, 2.05) is 6.92 Å². The van der Waals surface area contributed by atoms with Crippen molar-refractivity contribution in [2.45, 2.75) is 37.7 Å². The lowest BCUT2D eigenvalue weighted by atomic mass is 10.3. The van der Waals surface area contributed by atoms with Crippen LogP contribution >= 0.6 is 11.8 Å². The molecule has 0 aliphatic carbocycles. The van der Waals surface area contributed by atoms with Gasteiger partial charge in [-0.2, -0.15) is 8.78 Å². The summed E-state index contributed by atoms with van der Waals surface area (Å²) in [5.41, 5.74) is 1.01. The number of carbonyl (C=O) groups is 1. The van der Waals surface area contributed by atoms with Crippen LogP contribution in [0.15, 0.2) is 35.4 Å². The van der Waals surface area contributed by atoms with Crippen LogP contribution in [-0.4, -0.2) is 27.7 Å². The Bertz CT molecular complexity index is 708. The average molecular weight is 353 g/mol. The molecule has 1 atom stereocenters. The van der Waals surface area contributed by atoms with Gasteiger partial charge in [0.25, 0.3) is 0 Å². The molecule has 0 fully saturated rings. The fraction of sp³-hybridized carbons (Fsp3) is 0.312. The normalized spacial score (nSPS) is 12.1. The van der Waals surface area contributed by atoms with Crippen LogP contribution in [0.3, 0.4) is 0 Å². The minimum Gasteiger partial charge on any atom is -0.433 e. The zero-order chi connectivity index (χ0) is 17.7. The van der Waals surface area contributed by atoms with Crippen LogP contribution in [0.4, 0.5) is 14.5 Å². The second-order valence-corrected chi connectivity index (χ2v) is 6.38. The molecule has 0 aliphatic heterocycles. The third kappa shape index (κ3) is 5.16. The van der Waals surface area contributed by atoms with Gasteiger partial charge in [-0.1, -0.05) is 23.9 Å². The molecule has 1 aromatic heterocycles. The summed E-state index contributed by atoms with van der Waals surface area (Å²) >= 11 is 1.27. The number of aromatic nitrogens is 2. The Balaban J connectivity index is 2.06. The summed E-state index contributed by atoms with van der Waals surface area (Å²) in [6, 6.07) is 7.85. The molecule has 1 unspecified atom stereocenters. The van der Waals surface area contributed by atoms with Crippen LogP contribution in [0.2, 0.25) is 0 Å². The quantitative estimate of drug-likeness (QED) is 0.632. The molecule has 0 bridgehead atoms. The molecule has 2 rings (SSSR count). The van der Waals surface area contributed by atoms with Crippen molar-refractivity contribution in [3.63, 3.8) is 0 Å². The van der Waals surface area contributed by atoms with Crippen LogP contribution in [-0.2, 0) is 4.79 Å². The molecule has 128 valence electrons. The summed E-state index contributed by atoms with van der Waals surface area (Å²) in [7, 11) is 0. The van der Waals surface area contributed by atoms with Gasteiger partial charge >= 0.3 is 6.61 Å². The van der Waals surface area contributed by atoms with Gasteiger partial charge in [0.2, 0.25) is 5.91 Å². The molecule has 0 spiro atoms. The van der Waals surface area contributed by atoms with Gasteiger partial charge < -0.3 is 10.1 Å². The maximum absolute atomic E-state index is 12.4. The Hall–Kier alpha value is -2.22. The van der Waals surface area contributed by atoms with Crippen LogP contribution < -0.4 is 10.1 Å². The van der Waals surface area contributed by atoms with Crippen molar-refractivity contribution in [1.29, 1.82) is 0 Å². The minimum atomic E-state index is -2.96. The second kappa shape index (κ2) is 8.05. The third-order valence-electron chi connectivity index (χ3n) is 2.97. The first-order valence-corrected chi connectivity index (χ1v) is 8.07. The van der Waals surface area contributed by atoms with E-state index in [2.05, 4.69) is 20.0 Å². The molecule has 2 aromatic rings. The number of rotatable bonds is 6.